The molecule has 6 nitrogen and oxygen atoms in total. The van der Waals surface area contributed by atoms with Gasteiger partial charge in [-0.3, -0.25) is 14.5 Å². The number of benzene rings is 2. The van der Waals surface area contributed by atoms with E-state index in [1.54, 1.807) is 36.4 Å². The minimum absolute atomic E-state index is 0.0360. The first-order valence-electron chi connectivity index (χ1n) is 7.00. The summed E-state index contributed by atoms with van der Waals surface area (Å²) in [6, 6.07) is 12.5. The third-order valence-corrected chi connectivity index (χ3v) is 3.55. The van der Waals surface area contributed by atoms with Crippen LogP contribution in [-0.4, -0.2) is 40.9 Å². The first kappa shape index (κ1) is 14.8. The Morgan fingerprint density at radius 3 is 2.13 bits per heavy atom. The Bertz CT molecular complexity index is 764. The summed E-state index contributed by atoms with van der Waals surface area (Å²) in [6.07, 6.45) is 0. The minimum atomic E-state index is -0.709. The minimum Gasteiger partial charge on any atom is -0.507 e. The standard InChI is InChI=1S/C17H13NO5/c19-14-8-4-3-7-13(14)17(22)23-10-9-18-15(20)11-5-1-2-6-12(11)16(18)21/h1-8,19H,9-10H2. The number of nitrogens with zero attached hydrogens (tertiary/aromatic N) is 1. The molecule has 1 aliphatic heterocycles. The van der Waals surface area contributed by atoms with Crippen LogP contribution in [0.1, 0.15) is 31.1 Å². The number of phenols is 1. The summed E-state index contributed by atoms with van der Waals surface area (Å²) >= 11 is 0. The zero-order valence-electron chi connectivity index (χ0n) is 12.1. The van der Waals surface area contributed by atoms with E-state index >= 15 is 0 Å². The maximum atomic E-state index is 12.1. The summed E-state index contributed by atoms with van der Waals surface area (Å²) in [5.74, 6) is -1.69. The Labute approximate surface area is 131 Å². The van der Waals surface area contributed by atoms with Gasteiger partial charge in [0.05, 0.1) is 17.7 Å². The molecule has 3 rings (SSSR count). The Balaban J connectivity index is 1.62. The molecule has 1 aliphatic rings. The Kier molecular flexibility index (Phi) is 3.80. The van der Waals surface area contributed by atoms with Crippen LogP contribution >= 0.6 is 0 Å². The molecule has 0 saturated heterocycles. The number of hydrogen-bond acceptors (Lipinski definition) is 5. The van der Waals surface area contributed by atoms with Crippen molar-refractivity contribution in [3.05, 3.63) is 65.2 Å². The molecule has 0 radical (unpaired) electrons. The summed E-state index contributed by atoms with van der Waals surface area (Å²) < 4.78 is 5.02. The number of rotatable bonds is 4. The summed E-state index contributed by atoms with van der Waals surface area (Å²) in [6.45, 7) is -0.176. The molecule has 1 heterocycles. The highest BCUT2D eigenvalue weighted by atomic mass is 16.5. The summed E-state index contributed by atoms with van der Waals surface area (Å²) in [5, 5.41) is 9.57. The maximum Gasteiger partial charge on any atom is 0.341 e. The number of aromatic hydroxyl groups is 1. The normalized spacial score (nSPS) is 13.1. The molecule has 116 valence electrons. The molecule has 0 aliphatic carbocycles. The smallest absolute Gasteiger partial charge is 0.341 e. The zero-order valence-corrected chi connectivity index (χ0v) is 12.1. The number of carbonyl (C=O) groups excluding carboxylic acids is 3. The highest BCUT2D eigenvalue weighted by Crippen LogP contribution is 2.22. The highest BCUT2D eigenvalue weighted by molar-refractivity contribution is 6.21. The SMILES string of the molecule is O=C(OCCN1C(=O)c2ccccc2C1=O)c1ccccc1O. The van der Waals surface area contributed by atoms with Crippen LogP contribution in [0.2, 0.25) is 0 Å². The lowest BCUT2D eigenvalue weighted by Crippen LogP contribution is -2.33. The van der Waals surface area contributed by atoms with Crippen LogP contribution in [0.4, 0.5) is 0 Å². The molecule has 2 aromatic carbocycles. The average Bonchev–Trinajstić information content (AvgIpc) is 2.80. The number of esters is 1. The predicted molar refractivity (Wildman–Crippen MR) is 80.2 cm³/mol. The van der Waals surface area contributed by atoms with Crippen molar-refractivity contribution >= 4 is 17.8 Å². The van der Waals surface area contributed by atoms with Gasteiger partial charge in [0.25, 0.3) is 11.8 Å². The molecule has 0 spiro atoms. The lowest BCUT2D eigenvalue weighted by Gasteiger charge is -2.14. The molecule has 2 aromatic rings. The molecule has 23 heavy (non-hydrogen) atoms. The maximum absolute atomic E-state index is 12.1. The molecule has 0 fully saturated rings. The summed E-state index contributed by atoms with van der Waals surface area (Å²) in [7, 11) is 0. The molecule has 0 unspecified atom stereocenters. The lowest BCUT2D eigenvalue weighted by molar-refractivity contribution is 0.0418. The van der Waals surface area contributed by atoms with Gasteiger partial charge in [-0.1, -0.05) is 24.3 Å². The van der Waals surface area contributed by atoms with Crippen molar-refractivity contribution in [2.75, 3.05) is 13.2 Å². The summed E-state index contributed by atoms with van der Waals surface area (Å²) in [4.78, 5) is 37.2. The number of carbonyl (C=O) groups is 3. The third kappa shape index (κ3) is 2.66. The van der Waals surface area contributed by atoms with Crippen molar-refractivity contribution in [3.63, 3.8) is 0 Å². The number of hydrogen-bond donors (Lipinski definition) is 1. The van der Waals surface area contributed by atoms with Crippen LogP contribution in [0, 0.1) is 0 Å². The second-order valence-corrected chi connectivity index (χ2v) is 4.96. The van der Waals surface area contributed by atoms with Crippen LogP contribution < -0.4 is 0 Å². The quantitative estimate of drug-likeness (QED) is 0.688. The van der Waals surface area contributed by atoms with Crippen LogP contribution in [0.3, 0.4) is 0 Å². The van der Waals surface area contributed by atoms with Crippen molar-refractivity contribution in [2.45, 2.75) is 0 Å². The molecular weight excluding hydrogens is 298 g/mol. The highest BCUT2D eigenvalue weighted by Gasteiger charge is 2.34. The fraction of sp³-hybridized carbons (Fsp3) is 0.118. The van der Waals surface area contributed by atoms with E-state index < -0.39 is 17.8 Å². The Hall–Kier alpha value is -3.15. The number of imide groups is 1. The van der Waals surface area contributed by atoms with Gasteiger partial charge in [0.2, 0.25) is 0 Å². The summed E-state index contributed by atoms with van der Waals surface area (Å²) in [5.41, 5.74) is 0.740. The van der Waals surface area contributed by atoms with E-state index in [4.69, 9.17) is 4.74 Å². The van der Waals surface area contributed by atoms with Gasteiger partial charge in [-0.15, -0.1) is 0 Å². The second-order valence-electron chi connectivity index (χ2n) is 4.96. The average molecular weight is 311 g/mol. The van der Waals surface area contributed by atoms with Gasteiger partial charge in [-0.05, 0) is 24.3 Å². The van der Waals surface area contributed by atoms with E-state index in [-0.39, 0.29) is 24.5 Å². The van der Waals surface area contributed by atoms with Gasteiger partial charge in [-0.2, -0.15) is 0 Å². The fourth-order valence-electron chi connectivity index (χ4n) is 2.40. The molecule has 2 amide bonds. The lowest BCUT2D eigenvalue weighted by atomic mass is 10.1. The van der Waals surface area contributed by atoms with Crippen molar-refractivity contribution in [1.82, 2.24) is 4.90 Å². The van der Waals surface area contributed by atoms with Gasteiger partial charge in [0, 0.05) is 0 Å². The van der Waals surface area contributed by atoms with E-state index in [2.05, 4.69) is 0 Å². The van der Waals surface area contributed by atoms with Crippen molar-refractivity contribution in [2.24, 2.45) is 0 Å². The molecule has 0 atom stereocenters. The topological polar surface area (TPSA) is 83.9 Å². The predicted octanol–water partition coefficient (Wildman–Crippen LogP) is 1.85. The molecule has 0 bridgehead atoms. The van der Waals surface area contributed by atoms with Crippen molar-refractivity contribution < 1.29 is 24.2 Å². The van der Waals surface area contributed by atoms with E-state index in [1.807, 2.05) is 0 Å². The number of phenolic OH excluding ortho intramolecular Hbond substituents is 1. The van der Waals surface area contributed by atoms with E-state index in [9.17, 15) is 19.5 Å². The number of fused-ring (bicyclic) bond motifs is 1. The van der Waals surface area contributed by atoms with Gasteiger partial charge in [-0.25, -0.2) is 4.79 Å². The van der Waals surface area contributed by atoms with E-state index in [0.717, 1.165) is 4.90 Å². The van der Waals surface area contributed by atoms with Gasteiger partial charge in [0.15, 0.2) is 0 Å². The number of ether oxygens (including phenoxy) is 1. The van der Waals surface area contributed by atoms with Gasteiger partial charge >= 0.3 is 5.97 Å². The second kappa shape index (κ2) is 5.92. The largest absolute Gasteiger partial charge is 0.507 e. The van der Waals surface area contributed by atoms with Crippen LogP contribution in [0.15, 0.2) is 48.5 Å². The fourth-order valence-corrected chi connectivity index (χ4v) is 2.40. The molecular formula is C17H13NO5. The first-order valence-corrected chi connectivity index (χ1v) is 7.00. The zero-order chi connectivity index (χ0) is 16.4. The molecule has 0 aromatic heterocycles. The number of amides is 2. The van der Waals surface area contributed by atoms with E-state index in [1.165, 1.54) is 12.1 Å². The van der Waals surface area contributed by atoms with Crippen LogP contribution in [-0.2, 0) is 4.74 Å². The Morgan fingerprint density at radius 1 is 0.957 bits per heavy atom. The molecule has 6 heteroatoms. The van der Waals surface area contributed by atoms with Crippen LogP contribution in [0.25, 0.3) is 0 Å². The first-order chi connectivity index (χ1) is 11.1. The van der Waals surface area contributed by atoms with Crippen LogP contribution in [0.5, 0.6) is 5.75 Å². The molecule has 0 saturated carbocycles. The third-order valence-electron chi connectivity index (χ3n) is 3.55. The van der Waals surface area contributed by atoms with Crippen molar-refractivity contribution in [1.29, 1.82) is 0 Å². The molecule has 1 N–H and O–H groups in total. The Morgan fingerprint density at radius 2 is 1.52 bits per heavy atom. The number of para-hydroxylation sites is 1. The van der Waals surface area contributed by atoms with Crippen molar-refractivity contribution in [3.8, 4) is 5.75 Å². The van der Waals surface area contributed by atoms with Gasteiger partial charge in [0.1, 0.15) is 17.9 Å². The van der Waals surface area contributed by atoms with E-state index in [0.29, 0.717) is 11.1 Å². The monoisotopic (exact) mass is 311 g/mol. The van der Waals surface area contributed by atoms with Gasteiger partial charge < -0.3 is 9.84 Å².